The second kappa shape index (κ2) is 8.60. The zero-order valence-electron chi connectivity index (χ0n) is 18.2. The first-order valence-electron chi connectivity index (χ1n) is 10.7. The Morgan fingerprint density at radius 3 is 2.68 bits per heavy atom. The van der Waals surface area contributed by atoms with Crippen molar-refractivity contribution in [2.24, 2.45) is 0 Å². The van der Waals surface area contributed by atoms with Gasteiger partial charge in [-0.3, -0.25) is 10.1 Å². The minimum absolute atomic E-state index is 0.00347. The van der Waals surface area contributed by atoms with E-state index >= 15 is 0 Å². The minimum atomic E-state index is -0.865. The zero-order chi connectivity index (χ0) is 23.9. The SMILES string of the molecule is COc1cc2ncnc(Nc3cccc(Cl)c3F)c2cc1OC1CCC2(CC1)NC(=O)NC2=O. The van der Waals surface area contributed by atoms with Crippen molar-refractivity contribution in [3.8, 4) is 11.5 Å². The zero-order valence-corrected chi connectivity index (χ0v) is 18.9. The van der Waals surface area contributed by atoms with Crippen LogP contribution in [0, 0.1) is 5.82 Å². The molecule has 2 aromatic carbocycles. The lowest BCUT2D eigenvalue weighted by molar-refractivity contribution is -0.125. The Morgan fingerprint density at radius 1 is 1.18 bits per heavy atom. The molecule has 1 saturated carbocycles. The van der Waals surface area contributed by atoms with Gasteiger partial charge in [-0.1, -0.05) is 17.7 Å². The maximum Gasteiger partial charge on any atom is 0.322 e. The number of halogens is 2. The van der Waals surface area contributed by atoms with Crippen LogP contribution in [0.3, 0.4) is 0 Å². The van der Waals surface area contributed by atoms with Gasteiger partial charge in [-0.2, -0.15) is 0 Å². The standard InChI is InChI=1S/C23H21ClFN5O4/c1-33-17-10-16-13(20(27-11-26-16)28-15-4-2-3-14(24)19(15)25)9-18(17)34-12-5-7-23(8-6-12)21(31)29-22(32)30-23/h2-4,9-12H,5-8H2,1H3,(H,26,27,28)(H2,29,30,31,32). The lowest BCUT2D eigenvalue weighted by atomic mass is 9.80. The van der Waals surface area contributed by atoms with Crippen molar-refractivity contribution < 1.29 is 23.5 Å². The quantitative estimate of drug-likeness (QED) is 0.466. The maximum absolute atomic E-state index is 14.4. The van der Waals surface area contributed by atoms with Crippen LogP contribution < -0.4 is 25.4 Å². The van der Waals surface area contributed by atoms with Gasteiger partial charge in [-0.15, -0.1) is 0 Å². The number of fused-ring (bicyclic) bond motifs is 1. The fraction of sp³-hybridized carbons (Fsp3) is 0.304. The van der Waals surface area contributed by atoms with Gasteiger partial charge in [-0.25, -0.2) is 19.2 Å². The Morgan fingerprint density at radius 2 is 1.97 bits per heavy atom. The van der Waals surface area contributed by atoms with Crippen LogP contribution in [-0.2, 0) is 4.79 Å². The first-order valence-corrected chi connectivity index (χ1v) is 11.1. The monoisotopic (exact) mass is 485 g/mol. The summed E-state index contributed by atoms with van der Waals surface area (Å²) in [4.78, 5) is 32.3. The predicted octanol–water partition coefficient (Wildman–Crippen LogP) is 4.07. The van der Waals surface area contributed by atoms with Crippen molar-refractivity contribution in [3.63, 3.8) is 0 Å². The highest BCUT2D eigenvalue weighted by Gasteiger charge is 2.48. The second-order valence-electron chi connectivity index (χ2n) is 8.28. The number of aromatic nitrogens is 2. The Hall–Kier alpha value is -3.66. The molecule has 0 bridgehead atoms. The van der Waals surface area contributed by atoms with Crippen molar-refractivity contribution in [1.29, 1.82) is 0 Å². The summed E-state index contributed by atoms with van der Waals surface area (Å²) in [7, 11) is 1.53. The van der Waals surface area contributed by atoms with Crippen LogP contribution in [0.15, 0.2) is 36.7 Å². The van der Waals surface area contributed by atoms with Crippen LogP contribution >= 0.6 is 11.6 Å². The lowest BCUT2D eigenvalue weighted by Gasteiger charge is -2.34. The number of imide groups is 1. The van der Waals surface area contributed by atoms with E-state index in [0.717, 1.165) is 0 Å². The van der Waals surface area contributed by atoms with Crippen molar-refractivity contribution in [1.82, 2.24) is 20.6 Å². The Balaban J connectivity index is 1.41. The van der Waals surface area contributed by atoms with Crippen LogP contribution in [-0.4, -0.2) is 40.7 Å². The topological polar surface area (TPSA) is 114 Å². The van der Waals surface area contributed by atoms with Gasteiger partial charge in [0.2, 0.25) is 0 Å². The number of nitrogens with zero attached hydrogens (tertiary/aromatic N) is 2. The number of rotatable bonds is 5. The molecule has 2 fully saturated rings. The molecule has 1 aliphatic carbocycles. The average molecular weight is 486 g/mol. The first-order chi connectivity index (χ1) is 16.4. The molecule has 3 N–H and O–H groups in total. The molecule has 9 nitrogen and oxygen atoms in total. The van der Waals surface area contributed by atoms with Crippen LogP contribution in [0.5, 0.6) is 11.5 Å². The predicted molar refractivity (Wildman–Crippen MR) is 123 cm³/mol. The highest BCUT2D eigenvalue weighted by atomic mass is 35.5. The molecule has 11 heteroatoms. The van der Waals surface area contributed by atoms with Crippen molar-refractivity contribution in [3.05, 3.63) is 47.5 Å². The van der Waals surface area contributed by atoms with Crippen LogP contribution in [0.1, 0.15) is 25.7 Å². The third-order valence-electron chi connectivity index (χ3n) is 6.22. The Kier molecular flexibility index (Phi) is 5.60. The van der Waals surface area contributed by atoms with Crippen molar-refractivity contribution in [2.45, 2.75) is 37.3 Å². The number of carbonyl (C=O) groups is 2. The van der Waals surface area contributed by atoms with Gasteiger partial charge in [0, 0.05) is 11.5 Å². The van der Waals surface area contributed by atoms with E-state index in [-0.39, 0.29) is 22.7 Å². The van der Waals surface area contributed by atoms with Gasteiger partial charge in [0.15, 0.2) is 17.3 Å². The number of benzene rings is 2. The smallest absolute Gasteiger partial charge is 0.322 e. The van der Waals surface area contributed by atoms with Gasteiger partial charge in [0.1, 0.15) is 17.7 Å². The number of hydrogen-bond acceptors (Lipinski definition) is 7. The van der Waals surface area contributed by atoms with E-state index in [9.17, 15) is 14.0 Å². The van der Waals surface area contributed by atoms with E-state index in [1.165, 1.54) is 19.5 Å². The Labute approximate surface area is 199 Å². The number of urea groups is 1. The summed E-state index contributed by atoms with van der Waals surface area (Å²) in [6.45, 7) is 0. The van der Waals surface area contributed by atoms with Crippen molar-refractivity contribution >= 4 is 45.9 Å². The molecular formula is C23H21ClFN5O4. The molecule has 0 radical (unpaired) electrons. The van der Waals surface area contributed by atoms with E-state index in [2.05, 4.69) is 25.9 Å². The molecule has 0 unspecified atom stereocenters. The normalized spacial score (nSPS) is 21.9. The molecule has 5 rings (SSSR count). The van der Waals surface area contributed by atoms with Gasteiger partial charge in [0.05, 0.1) is 29.4 Å². The van der Waals surface area contributed by atoms with E-state index in [4.69, 9.17) is 21.1 Å². The van der Waals surface area contributed by atoms with E-state index in [1.807, 2.05) is 0 Å². The summed E-state index contributed by atoms with van der Waals surface area (Å²) < 4.78 is 26.2. The number of methoxy groups -OCH3 is 1. The third-order valence-corrected chi connectivity index (χ3v) is 6.51. The molecule has 3 amide bonds. The molecule has 1 aromatic heterocycles. The third kappa shape index (κ3) is 3.94. The van der Waals surface area contributed by atoms with E-state index in [0.29, 0.717) is 53.9 Å². The average Bonchev–Trinajstić information content (AvgIpc) is 3.10. The van der Waals surface area contributed by atoms with Gasteiger partial charge >= 0.3 is 6.03 Å². The molecule has 1 saturated heterocycles. The molecule has 3 aromatic rings. The number of nitrogens with one attached hydrogen (secondary N) is 3. The highest BCUT2D eigenvalue weighted by molar-refractivity contribution is 6.31. The molecule has 0 atom stereocenters. The summed E-state index contributed by atoms with van der Waals surface area (Å²) in [6.07, 6.45) is 3.25. The highest BCUT2D eigenvalue weighted by Crippen LogP contribution is 2.39. The van der Waals surface area contributed by atoms with Crippen LogP contribution in [0.25, 0.3) is 10.9 Å². The maximum atomic E-state index is 14.4. The van der Waals surface area contributed by atoms with E-state index in [1.54, 1.807) is 24.3 Å². The van der Waals surface area contributed by atoms with Gasteiger partial charge in [-0.05, 0) is 43.9 Å². The molecule has 176 valence electrons. The fourth-order valence-corrected chi connectivity index (χ4v) is 4.58. The molecule has 2 aliphatic rings. The fourth-order valence-electron chi connectivity index (χ4n) is 4.40. The number of carbonyl (C=O) groups excluding carboxylic acids is 2. The molecular weight excluding hydrogens is 465 g/mol. The molecule has 1 spiro atoms. The lowest BCUT2D eigenvalue weighted by Crippen LogP contribution is -2.50. The van der Waals surface area contributed by atoms with Crippen molar-refractivity contribution in [2.75, 3.05) is 12.4 Å². The number of hydrogen-bond donors (Lipinski definition) is 3. The largest absolute Gasteiger partial charge is 0.493 e. The van der Waals surface area contributed by atoms with E-state index < -0.39 is 17.4 Å². The number of anilines is 2. The van der Waals surface area contributed by atoms with Gasteiger partial charge < -0.3 is 20.1 Å². The summed E-state index contributed by atoms with van der Waals surface area (Å²) in [5.74, 6) is 0.464. The molecule has 1 aliphatic heterocycles. The first kappa shape index (κ1) is 22.1. The Bertz CT molecular complexity index is 1300. The summed E-state index contributed by atoms with van der Waals surface area (Å²) in [5, 5.41) is 8.63. The minimum Gasteiger partial charge on any atom is -0.493 e. The van der Waals surface area contributed by atoms with Gasteiger partial charge in [0.25, 0.3) is 5.91 Å². The molecule has 2 heterocycles. The molecule has 34 heavy (non-hydrogen) atoms. The summed E-state index contributed by atoms with van der Waals surface area (Å²) >= 11 is 5.90. The second-order valence-corrected chi connectivity index (χ2v) is 8.68. The summed E-state index contributed by atoms with van der Waals surface area (Å²) in [6, 6.07) is 7.67. The van der Waals surface area contributed by atoms with Crippen LogP contribution in [0.4, 0.5) is 20.7 Å². The number of amides is 3. The van der Waals surface area contributed by atoms with Crippen LogP contribution in [0.2, 0.25) is 5.02 Å². The number of ether oxygens (including phenoxy) is 2. The summed E-state index contributed by atoms with van der Waals surface area (Å²) in [5.41, 5.74) is -0.103.